The van der Waals surface area contributed by atoms with Crippen molar-refractivity contribution in [1.82, 2.24) is 5.32 Å². The third kappa shape index (κ3) is 3.09. The Kier molecular flexibility index (Phi) is 4.26. The quantitative estimate of drug-likeness (QED) is 0.685. The summed E-state index contributed by atoms with van der Waals surface area (Å²) in [7, 11) is 0. The molecule has 0 radical (unpaired) electrons. The zero-order valence-electron chi connectivity index (χ0n) is 10.7. The maximum absolute atomic E-state index is 13.8. The largest absolute Gasteiger partial charge is 0.349 e. The topological polar surface area (TPSA) is 72.2 Å². The number of rotatable bonds is 3. The van der Waals surface area contributed by atoms with Crippen LogP contribution in [0.4, 0.5) is 14.5 Å². The molecule has 20 heavy (non-hydrogen) atoms. The van der Waals surface area contributed by atoms with E-state index in [0.717, 1.165) is 32.1 Å². The maximum atomic E-state index is 13.8. The lowest BCUT2D eigenvalue weighted by molar-refractivity contribution is -0.387. The van der Waals surface area contributed by atoms with E-state index >= 15 is 0 Å². The van der Waals surface area contributed by atoms with Crippen molar-refractivity contribution in [2.24, 2.45) is 0 Å². The van der Waals surface area contributed by atoms with Gasteiger partial charge in [0.05, 0.1) is 16.6 Å². The molecule has 0 aromatic heterocycles. The molecule has 1 aliphatic carbocycles. The molecule has 0 atom stereocenters. The van der Waals surface area contributed by atoms with Crippen LogP contribution in [0.5, 0.6) is 0 Å². The lowest BCUT2D eigenvalue weighted by Gasteiger charge is -2.22. The van der Waals surface area contributed by atoms with Gasteiger partial charge in [0.1, 0.15) is 5.82 Å². The first-order chi connectivity index (χ1) is 9.49. The van der Waals surface area contributed by atoms with E-state index in [0.29, 0.717) is 12.1 Å². The lowest BCUT2D eigenvalue weighted by Crippen LogP contribution is -2.36. The molecule has 1 amide bonds. The van der Waals surface area contributed by atoms with Crippen LogP contribution in [0.25, 0.3) is 0 Å². The van der Waals surface area contributed by atoms with Crippen LogP contribution in [-0.2, 0) is 0 Å². The van der Waals surface area contributed by atoms with Gasteiger partial charge in [0, 0.05) is 6.04 Å². The van der Waals surface area contributed by atoms with Gasteiger partial charge in [-0.3, -0.25) is 14.9 Å². The number of benzene rings is 1. The van der Waals surface area contributed by atoms with Crippen LogP contribution >= 0.6 is 0 Å². The van der Waals surface area contributed by atoms with Crippen molar-refractivity contribution >= 4 is 11.6 Å². The number of nitro benzene ring substituents is 1. The van der Waals surface area contributed by atoms with Gasteiger partial charge in [-0.1, -0.05) is 19.3 Å². The molecule has 0 saturated heterocycles. The molecule has 1 aromatic rings. The first kappa shape index (κ1) is 14.4. The number of nitro groups is 1. The lowest BCUT2D eigenvalue weighted by atomic mass is 9.95. The Morgan fingerprint density at radius 3 is 2.50 bits per heavy atom. The highest BCUT2D eigenvalue weighted by atomic mass is 19.1. The number of halogens is 2. The monoisotopic (exact) mass is 284 g/mol. The predicted octanol–water partition coefficient (Wildman–Crippen LogP) is 2.94. The van der Waals surface area contributed by atoms with E-state index in [4.69, 9.17) is 0 Å². The molecule has 0 heterocycles. The van der Waals surface area contributed by atoms with Crippen LogP contribution in [-0.4, -0.2) is 16.9 Å². The third-order valence-electron chi connectivity index (χ3n) is 3.40. The third-order valence-corrected chi connectivity index (χ3v) is 3.40. The van der Waals surface area contributed by atoms with Crippen molar-refractivity contribution in [3.05, 3.63) is 39.4 Å². The summed E-state index contributed by atoms with van der Waals surface area (Å²) in [5.41, 5.74) is -1.65. The van der Waals surface area contributed by atoms with Crippen LogP contribution in [0.1, 0.15) is 42.5 Å². The molecule has 1 saturated carbocycles. The van der Waals surface area contributed by atoms with E-state index in [1.807, 2.05) is 0 Å². The molecule has 1 N–H and O–H groups in total. The average molecular weight is 284 g/mol. The van der Waals surface area contributed by atoms with Gasteiger partial charge in [-0.25, -0.2) is 4.39 Å². The summed E-state index contributed by atoms with van der Waals surface area (Å²) in [5, 5.41) is 13.2. The van der Waals surface area contributed by atoms with E-state index in [-0.39, 0.29) is 6.04 Å². The summed E-state index contributed by atoms with van der Waals surface area (Å²) in [4.78, 5) is 21.5. The Morgan fingerprint density at radius 2 is 1.90 bits per heavy atom. The summed E-state index contributed by atoms with van der Waals surface area (Å²) in [6.07, 6.45) is 4.59. The van der Waals surface area contributed by atoms with Gasteiger partial charge in [0.2, 0.25) is 5.82 Å². The highest BCUT2D eigenvalue weighted by Gasteiger charge is 2.25. The molecule has 2 rings (SSSR count). The normalized spacial score (nSPS) is 15.9. The first-order valence-electron chi connectivity index (χ1n) is 6.43. The number of carbonyl (C=O) groups excluding carboxylic acids is 1. The number of amides is 1. The SMILES string of the molecule is O=C(NC1CCCCC1)c1cc(F)cc([N+](=O)[O-])c1F. The molecular weight excluding hydrogens is 270 g/mol. The summed E-state index contributed by atoms with van der Waals surface area (Å²) in [6.45, 7) is 0. The Hall–Kier alpha value is -2.05. The van der Waals surface area contributed by atoms with Gasteiger partial charge < -0.3 is 5.32 Å². The fourth-order valence-electron chi connectivity index (χ4n) is 2.38. The van der Waals surface area contributed by atoms with Crippen molar-refractivity contribution < 1.29 is 18.5 Å². The summed E-state index contributed by atoms with van der Waals surface area (Å²) < 4.78 is 27.1. The van der Waals surface area contributed by atoms with Gasteiger partial charge in [0.15, 0.2) is 0 Å². The predicted molar refractivity (Wildman–Crippen MR) is 67.4 cm³/mol. The van der Waals surface area contributed by atoms with E-state index in [1.54, 1.807) is 0 Å². The summed E-state index contributed by atoms with van der Waals surface area (Å²) in [6, 6.07) is 1.06. The average Bonchev–Trinajstić information content (AvgIpc) is 2.41. The van der Waals surface area contributed by atoms with Crippen molar-refractivity contribution in [3.8, 4) is 0 Å². The van der Waals surface area contributed by atoms with Crippen molar-refractivity contribution in [2.75, 3.05) is 0 Å². The molecule has 0 spiro atoms. The smallest absolute Gasteiger partial charge is 0.308 e. The second kappa shape index (κ2) is 5.94. The Bertz CT molecular complexity index is 543. The van der Waals surface area contributed by atoms with E-state index in [9.17, 15) is 23.7 Å². The highest BCUT2D eigenvalue weighted by Crippen LogP contribution is 2.23. The number of nitrogens with zero attached hydrogens (tertiary/aromatic N) is 1. The Balaban J connectivity index is 2.22. The fraction of sp³-hybridized carbons (Fsp3) is 0.462. The number of nitrogens with one attached hydrogen (secondary N) is 1. The molecule has 1 fully saturated rings. The van der Waals surface area contributed by atoms with Crippen LogP contribution < -0.4 is 5.32 Å². The zero-order valence-corrected chi connectivity index (χ0v) is 10.7. The van der Waals surface area contributed by atoms with Gasteiger partial charge >= 0.3 is 5.69 Å². The van der Waals surface area contributed by atoms with Crippen LogP contribution in [0.15, 0.2) is 12.1 Å². The molecule has 0 bridgehead atoms. The highest BCUT2D eigenvalue weighted by molar-refractivity contribution is 5.95. The molecule has 5 nitrogen and oxygen atoms in total. The maximum Gasteiger partial charge on any atom is 0.308 e. The molecule has 0 aliphatic heterocycles. The van der Waals surface area contributed by atoms with Gasteiger partial charge in [-0.05, 0) is 18.9 Å². The first-order valence-corrected chi connectivity index (χ1v) is 6.43. The Labute approximate surface area is 114 Å². The molecule has 1 aliphatic rings. The number of carbonyl (C=O) groups is 1. The molecule has 108 valence electrons. The Morgan fingerprint density at radius 1 is 1.25 bits per heavy atom. The van der Waals surface area contributed by atoms with E-state index < -0.39 is 33.7 Å². The van der Waals surface area contributed by atoms with Gasteiger partial charge in [0.25, 0.3) is 5.91 Å². The standard InChI is InChI=1S/C13H14F2N2O3/c14-8-6-10(12(15)11(7-8)17(19)20)13(18)16-9-4-2-1-3-5-9/h6-7,9H,1-5H2,(H,16,18). The van der Waals surface area contributed by atoms with Crippen molar-refractivity contribution in [1.29, 1.82) is 0 Å². The summed E-state index contributed by atoms with van der Waals surface area (Å²) in [5.74, 6) is -3.12. The molecular formula is C13H14F2N2O3. The van der Waals surface area contributed by atoms with Crippen LogP contribution in [0.3, 0.4) is 0 Å². The van der Waals surface area contributed by atoms with Crippen LogP contribution in [0.2, 0.25) is 0 Å². The molecule has 0 unspecified atom stereocenters. The minimum absolute atomic E-state index is 0.0852. The molecule has 7 heteroatoms. The zero-order chi connectivity index (χ0) is 14.7. The fourth-order valence-corrected chi connectivity index (χ4v) is 2.38. The summed E-state index contributed by atoms with van der Waals surface area (Å²) >= 11 is 0. The number of hydrogen-bond donors (Lipinski definition) is 1. The van der Waals surface area contributed by atoms with Gasteiger partial charge in [-0.15, -0.1) is 0 Å². The van der Waals surface area contributed by atoms with Crippen molar-refractivity contribution in [3.63, 3.8) is 0 Å². The molecule has 1 aromatic carbocycles. The van der Waals surface area contributed by atoms with E-state index in [1.165, 1.54) is 0 Å². The second-order valence-corrected chi connectivity index (χ2v) is 4.85. The van der Waals surface area contributed by atoms with E-state index in [2.05, 4.69) is 5.32 Å². The minimum atomic E-state index is -1.30. The van der Waals surface area contributed by atoms with Crippen LogP contribution in [0, 0.1) is 21.7 Å². The van der Waals surface area contributed by atoms with Crippen molar-refractivity contribution in [2.45, 2.75) is 38.1 Å². The second-order valence-electron chi connectivity index (χ2n) is 4.85. The number of hydrogen-bond acceptors (Lipinski definition) is 3. The van der Waals surface area contributed by atoms with Gasteiger partial charge in [-0.2, -0.15) is 4.39 Å². The minimum Gasteiger partial charge on any atom is -0.349 e.